The molecule has 4 heteroatoms. The molecular formula is C2HNO3. The van der Waals surface area contributed by atoms with Crippen molar-refractivity contribution in [2.24, 2.45) is 0 Å². The van der Waals surface area contributed by atoms with Gasteiger partial charge in [-0.15, -0.1) is 0 Å². The van der Waals surface area contributed by atoms with Gasteiger partial charge in [0, 0.05) is 0 Å². The molecule has 0 aliphatic carbocycles. The molecule has 0 saturated heterocycles. The van der Waals surface area contributed by atoms with Crippen LogP contribution in [0.5, 0.6) is 0 Å². The van der Waals surface area contributed by atoms with Crippen molar-refractivity contribution in [3.63, 3.8) is 0 Å². The Balaban J connectivity index is 3.41. The first-order chi connectivity index (χ1) is 2.89. The van der Waals surface area contributed by atoms with Crippen LogP contribution in [0.3, 0.4) is 0 Å². The summed E-state index contributed by atoms with van der Waals surface area (Å²) >= 11 is 0. The highest BCUT2D eigenvalue weighted by Crippen LogP contribution is 1.60. The van der Waals surface area contributed by atoms with Gasteiger partial charge in [0.2, 0.25) is 0 Å². The molecular weight excluding hydrogens is 86.0 g/mol. The van der Waals surface area contributed by atoms with Crippen LogP contribution in [0.1, 0.15) is 0 Å². The van der Waals surface area contributed by atoms with Gasteiger partial charge in [0.25, 0.3) is 0 Å². The molecule has 0 aromatic carbocycles. The smallest absolute Gasteiger partial charge is 0.240 e. The maximum Gasteiger partial charge on any atom is 0.403 e. The molecule has 4 nitrogen and oxygen atoms in total. The lowest BCUT2D eigenvalue weighted by Crippen LogP contribution is -1.84. The Bertz CT molecular complexity index is 147. The zero-order chi connectivity index (χ0) is 4.41. The van der Waals surface area contributed by atoms with E-state index in [0.29, 0.717) is 0 Å². The second-order valence-corrected chi connectivity index (χ2v) is 0.711. The van der Waals surface area contributed by atoms with Gasteiger partial charge in [-0.25, -0.2) is 9.37 Å². The minimum absolute atomic E-state index is 0.560. The van der Waals surface area contributed by atoms with Crippen molar-refractivity contribution in [1.29, 1.82) is 0 Å². The molecule has 0 unspecified atom stereocenters. The summed E-state index contributed by atoms with van der Waals surface area (Å²) in [7, 11) is 0. The Hall–Kier alpha value is -1.06. The quantitative estimate of drug-likeness (QED) is 0.405. The summed E-state index contributed by atoms with van der Waals surface area (Å²) in [4.78, 5) is 9.75. The van der Waals surface area contributed by atoms with Crippen LogP contribution in [0.25, 0.3) is 0 Å². The van der Waals surface area contributed by atoms with Crippen molar-refractivity contribution in [3.8, 4) is 0 Å². The molecule has 1 aromatic rings. The fourth-order valence-electron chi connectivity index (χ4n) is 0.144. The number of rotatable bonds is 0. The zero-order valence-corrected chi connectivity index (χ0v) is 2.75. The van der Waals surface area contributed by atoms with Crippen LogP contribution in [0, 0.1) is 0 Å². The van der Waals surface area contributed by atoms with Crippen molar-refractivity contribution in [2.45, 2.75) is 0 Å². The van der Waals surface area contributed by atoms with E-state index in [9.17, 15) is 4.79 Å². The van der Waals surface area contributed by atoms with Gasteiger partial charge in [0.05, 0.1) is 0 Å². The van der Waals surface area contributed by atoms with Crippen LogP contribution in [-0.2, 0) is 0 Å². The van der Waals surface area contributed by atoms with E-state index in [4.69, 9.17) is 0 Å². The molecule has 0 spiro atoms. The summed E-state index contributed by atoms with van der Waals surface area (Å²) in [5.41, 5.74) is -0.560. The molecule has 32 valence electrons. The van der Waals surface area contributed by atoms with Gasteiger partial charge < -0.3 is 0 Å². The van der Waals surface area contributed by atoms with E-state index in [1.165, 1.54) is 0 Å². The highest BCUT2D eigenvalue weighted by Gasteiger charge is 1.79. The van der Waals surface area contributed by atoms with E-state index >= 15 is 0 Å². The molecule has 1 aromatic heterocycles. The summed E-state index contributed by atoms with van der Waals surface area (Å²) in [6.45, 7) is 0. The van der Waals surface area contributed by atoms with Crippen LogP contribution in [-0.4, -0.2) is 5.16 Å². The van der Waals surface area contributed by atoms with Crippen LogP contribution in [0.4, 0.5) is 0 Å². The molecule has 0 bridgehead atoms. The average molecular weight is 87.0 g/mol. The van der Waals surface area contributed by atoms with Crippen LogP contribution >= 0.6 is 0 Å². The first-order valence-electron chi connectivity index (χ1n) is 1.30. The fourth-order valence-corrected chi connectivity index (χ4v) is 0.144. The van der Waals surface area contributed by atoms with E-state index in [2.05, 4.69) is 14.4 Å². The summed E-state index contributed by atoms with van der Waals surface area (Å²) in [6.07, 6.45) is 0.944. The fraction of sp³-hybridized carbons (Fsp3) is 0. The molecule has 0 aliphatic heterocycles. The van der Waals surface area contributed by atoms with Crippen molar-refractivity contribution in [1.82, 2.24) is 5.16 Å². The van der Waals surface area contributed by atoms with Gasteiger partial charge in [-0.3, -0.25) is 0 Å². The second kappa shape index (κ2) is 0.965. The van der Waals surface area contributed by atoms with E-state index in [1.807, 2.05) is 0 Å². The molecule has 0 saturated carbocycles. The van der Waals surface area contributed by atoms with E-state index in [0.717, 1.165) is 6.20 Å². The minimum Gasteiger partial charge on any atom is -0.240 e. The Morgan fingerprint density at radius 2 is 2.67 bits per heavy atom. The summed E-state index contributed by atoms with van der Waals surface area (Å²) in [5, 5.41) is 2.97. The average Bonchev–Trinajstić information content (AvgIpc) is 1.86. The van der Waals surface area contributed by atoms with Crippen molar-refractivity contribution < 1.29 is 9.26 Å². The lowest BCUT2D eigenvalue weighted by molar-refractivity contribution is -0.00162. The van der Waals surface area contributed by atoms with Crippen LogP contribution in [0.2, 0.25) is 0 Å². The Morgan fingerprint density at radius 1 is 1.83 bits per heavy atom. The third-order valence-electron chi connectivity index (χ3n) is 0.321. The predicted molar refractivity (Wildman–Crippen MR) is 15.0 cm³/mol. The van der Waals surface area contributed by atoms with E-state index in [-0.39, 0.29) is 0 Å². The van der Waals surface area contributed by atoms with Crippen LogP contribution in [0.15, 0.2) is 20.3 Å². The normalized spacial score (nSPS) is 8.67. The number of hydrogen-bond acceptors (Lipinski definition) is 4. The first kappa shape index (κ1) is 3.14. The van der Waals surface area contributed by atoms with Crippen molar-refractivity contribution >= 4 is 0 Å². The standard InChI is InChI=1S/C2HNO3/c4-2-1-3-6-5-2/h1H. The molecule has 0 amide bonds. The summed E-state index contributed by atoms with van der Waals surface area (Å²) in [5.74, 6) is 0. The Kier molecular flexibility index (Phi) is 0.506. The molecule has 0 aliphatic rings. The number of hydrogen-bond donors (Lipinski definition) is 0. The highest BCUT2D eigenvalue weighted by atomic mass is 17.0. The molecule has 0 radical (unpaired) electrons. The monoisotopic (exact) mass is 87.0 g/mol. The maximum atomic E-state index is 9.75. The molecule has 1 heterocycles. The topological polar surface area (TPSA) is 56.2 Å². The molecule has 0 fully saturated rings. The minimum atomic E-state index is -0.560. The highest BCUT2D eigenvalue weighted by molar-refractivity contribution is 4.52. The van der Waals surface area contributed by atoms with Gasteiger partial charge in [0.1, 0.15) is 0 Å². The number of nitrogens with zero attached hydrogens (tertiary/aromatic N) is 1. The maximum absolute atomic E-state index is 9.75. The lowest BCUT2D eigenvalue weighted by Gasteiger charge is -1.47. The SMILES string of the molecule is O=c1cnoo1. The Morgan fingerprint density at radius 3 is 2.83 bits per heavy atom. The van der Waals surface area contributed by atoms with Crippen molar-refractivity contribution in [2.75, 3.05) is 0 Å². The largest absolute Gasteiger partial charge is 0.403 e. The molecule has 0 atom stereocenters. The van der Waals surface area contributed by atoms with Gasteiger partial charge in [0.15, 0.2) is 6.20 Å². The summed E-state index contributed by atoms with van der Waals surface area (Å²) in [6, 6.07) is 0. The Labute approximate surface area is 32.3 Å². The van der Waals surface area contributed by atoms with Crippen molar-refractivity contribution in [3.05, 3.63) is 16.6 Å². The van der Waals surface area contributed by atoms with E-state index in [1.54, 1.807) is 0 Å². The number of aromatic nitrogens is 1. The first-order valence-corrected chi connectivity index (χ1v) is 1.30. The summed E-state index contributed by atoms with van der Waals surface area (Å²) < 4.78 is 7.57. The molecule has 1 rings (SSSR count). The molecule has 6 heavy (non-hydrogen) atoms. The zero-order valence-electron chi connectivity index (χ0n) is 2.75. The van der Waals surface area contributed by atoms with Gasteiger partial charge in [-0.05, 0) is 5.16 Å². The van der Waals surface area contributed by atoms with E-state index < -0.39 is 5.63 Å². The van der Waals surface area contributed by atoms with Gasteiger partial charge in [-0.1, -0.05) is 0 Å². The molecule has 0 N–H and O–H groups in total. The lowest BCUT2D eigenvalue weighted by atomic mass is 11.0. The third kappa shape index (κ3) is 0.314. The third-order valence-corrected chi connectivity index (χ3v) is 0.321. The van der Waals surface area contributed by atoms with Gasteiger partial charge in [-0.2, -0.15) is 4.68 Å². The predicted octanol–water partition coefficient (Wildman–Crippen LogP) is -0.372. The van der Waals surface area contributed by atoms with Gasteiger partial charge >= 0.3 is 5.63 Å². The second-order valence-electron chi connectivity index (χ2n) is 0.711. The van der Waals surface area contributed by atoms with Crippen LogP contribution < -0.4 is 5.63 Å².